The van der Waals surface area contributed by atoms with Gasteiger partial charge in [0, 0.05) is 11.4 Å². The van der Waals surface area contributed by atoms with E-state index in [1.807, 2.05) is 0 Å². The summed E-state index contributed by atoms with van der Waals surface area (Å²) >= 11 is 0. The topological polar surface area (TPSA) is 78.3 Å². The average molecular weight is 521 g/mol. The van der Waals surface area contributed by atoms with Gasteiger partial charge in [0.15, 0.2) is 0 Å². The molecule has 0 bridgehead atoms. The maximum Gasteiger partial charge on any atom is 0.338 e. The lowest BCUT2D eigenvalue weighted by atomic mass is 9.46. The van der Waals surface area contributed by atoms with E-state index in [1.54, 1.807) is 18.2 Å². The molecule has 0 radical (unpaired) electrons. The summed E-state index contributed by atoms with van der Waals surface area (Å²) in [5.74, 6) is 5.04. The van der Waals surface area contributed by atoms with Crippen LogP contribution < -0.4 is 11.5 Å². The van der Waals surface area contributed by atoms with Gasteiger partial charge in [-0.3, -0.25) is 0 Å². The molecule has 1 aromatic rings. The van der Waals surface area contributed by atoms with Crippen molar-refractivity contribution in [2.75, 3.05) is 11.5 Å². The van der Waals surface area contributed by atoms with Gasteiger partial charge in [0.05, 0.1) is 5.56 Å². The van der Waals surface area contributed by atoms with Crippen molar-refractivity contribution in [3.05, 3.63) is 35.9 Å². The molecule has 0 heterocycles. The zero-order valence-corrected chi connectivity index (χ0v) is 24.5. The van der Waals surface area contributed by atoms with Crippen molar-refractivity contribution in [2.24, 2.45) is 52.3 Å². The van der Waals surface area contributed by atoms with E-state index in [2.05, 4.69) is 46.8 Å². The average Bonchev–Trinajstić information content (AvgIpc) is 3.20. The predicted octanol–water partition coefficient (Wildman–Crippen LogP) is 8.27. The number of nitrogens with two attached hydrogens (primary N) is 2. The van der Waals surface area contributed by atoms with Crippen molar-refractivity contribution in [2.45, 2.75) is 105 Å². The number of hydrogen-bond acceptors (Lipinski definition) is 4. The van der Waals surface area contributed by atoms with Crippen LogP contribution in [0.5, 0.6) is 0 Å². The van der Waals surface area contributed by atoms with Crippen LogP contribution in [0.3, 0.4) is 0 Å². The van der Waals surface area contributed by atoms with Crippen molar-refractivity contribution >= 4 is 17.3 Å². The number of anilines is 2. The van der Waals surface area contributed by atoms with Crippen molar-refractivity contribution < 1.29 is 9.53 Å². The largest absolute Gasteiger partial charge is 0.459 e. The number of carbonyl (C=O) groups is 1. The third-order valence-corrected chi connectivity index (χ3v) is 11.8. The molecule has 0 saturated heterocycles. The van der Waals surface area contributed by atoms with Gasteiger partial charge in [-0.1, -0.05) is 66.0 Å². The number of esters is 1. The molecular formula is C34H52N2O2. The summed E-state index contributed by atoms with van der Waals surface area (Å²) in [5, 5.41) is 0. The maximum atomic E-state index is 12.9. The third-order valence-electron chi connectivity index (χ3n) is 11.8. The van der Waals surface area contributed by atoms with Crippen molar-refractivity contribution in [3.8, 4) is 0 Å². The smallest absolute Gasteiger partial charge is 0.338 e. The second kappa shape index (κ2) is 10.5. The lowest BCUT2D eigenvalue weighted by Crippen LogP contribution is -2.52. The Labute approximate surface area is 231 Å². The second-order valence-corrected chi connectivity index (χ2v) is 14.5. The minimum atomic E-state index is -0.303. The van der Waals surface area contributed by atoms with Crippen LogP contribution in [-0.2, 0) is 4.74 Å². The molecule has 1 aromatic carbocycles. The molecule has 0 spiro atoms. The Morgan fingerprint density at radius 2 is 1.61 bits per heavy atom. The molecule has 4 heteroatoms. The minimum absolute atomic E-state index is 0.0409. The molecule has 4 aliphatic rings. The summed E-state index contributed by atoms with van der Waals surface area (Å²) < 4.78 is 6.01. The number of carbonyl (C=O) groups excluding carboxylic acids is 1. The maximum absolute atomic E-state index is 12.9. The summed E-state index contributed by atoms with van der Waals surface area (Å²) in [4.78, 5) is 12.9. The Morgan fingerprint density at radius 3 is 2.32 bits per heavy atom. The van der Waals surface area contributed by atoms with E-state index in [0.29, 0.717) is 33.7 Å². The number of benzene rings is 1. The summed E-state index contributed by atoms with van der Waals surface area (Å²) in [6.07, 6.45) is 17.9. The second-order valence-electron chi connectivity index (χ2n) is 14.5. The molecule has 5 rings (SSSR count). The molecule has 9 unspecified atom stereocenters. The first-order valence-corrected chi connectivity index (χ1v) is 15.6. The summed E-state index contributed by atoms with van der Waals surface area (Å²) in [7, 11) is 0. The molecule has 0 aromatic heterocycles. The fourth-order valence-corrected chi connectivity index (χ4v) is 9.73. The Hall–Kier alpha value is -1.97. The quantitative estimate of drug-likeness (QED) is 0.215. The van der Waals surface area contributed by atoms with Gasteiger partial charge >= 0.3 is 5.97 Å². The van der Waals surface area contributed by atoms with E-state index in [-0.39, 0.29) is 12.1 Å². The highest BCUT2D eigenvalue weighted by Gasteiger charge is 2.59. The molecule has 4 N–H and O–H groups in total. The molecule has 4 nitrogen and oxygen atoms in total. The molecule has 0 aliphatic heterocycles. The molecule has 9 atom stereocenters. The van der Waals surface area contributed by atoms with E-state index in [4.69, 9.17) is 16.2 Å². The van der Waals surface area contributed by atoms with Gasteiger partial charge in [0.25, 0.3) is 0 Å². The van der Waals surface area contributed by atoms with Crippen LogP contribution in [0.2, 0.25) is 0 Å². The molecule has 4 aliphatic carbocycles. The molecular weight excluding hydrogens is 468 g/mol. The van der Waals surface area contributed by atoms with Crippen LogP contribution in [0.15, 0.2) is 30.4 Å². The third kappa shape index (κ3) is 5.02. The summed E-state index contributed by atoms with van der Waals surface area (Å²) in [5.41, 5.74) is 14.1. The van der Waals surface area contributed by atoms with Crippen molar-refractivity contribution in [1.29, 1.82) is 0 Å². The number of allylic oxidation sites excluding steroid dienone is 2. The molecule has 38 heavy (non-hydrogen) atoms. The standard InChI is InChI=1S/C34H52N2O2/c1-21(2)7-6-8-22(3)29-11-12-30-28-10-9-24-19-27(38-32(37)23-17-25(35)20-26(36)18-23)13-15-33(24,4)31(28)14-16-34(29,30)5/h9-10,17-18,20-22,24,27-31H,6-8,11-16,19,35-36H2,1-5H3. The van der Waals surface area contributed by atoms with Gasteiger partial charge < -0.3 is 16.2 Å². The Balaban J connectivity index is 1.25. The van der Waals surface area contributed by atoms with Gasteiger partial charge in [-0.2, -0.15) is 0 Å². The summed E-state index contributed by atoms with van der Waals surface area (Å²) in [6, 6.07) is 4.99. The van der Waals surface area contributed by atoms with Crippen LogP contribution in [0.25, 0.3) is 0 Å². The number of hydrogen-bond donors (Lipinski definition) is 2. The first kappa shape index (κ1) is 27.6. The Bertz CT molecular complexity index is 1030. The zero-order chi connectivity index (χ0) is 27.2. The fourth-order valence-electron chi connectivity index (χ4n) is 9.73. The molecule has 210 valence electrons. The SMILES string of the molecule is CC(C)CCCC(C)C1CCC2C3C=CC4CC(OC(=O)c5cc(N)cc(N)c5)CCC4(C)C3CCC12C. The highest BCUT2D eigenvalue weighted by molar-refractivity contribution is 5.91. The first-order valence-electron chi connectivity index (χ1n) is 15.6. The van der Waals surface area contributed by atoms with Gasteiger partial charge in [0.2, 0.25) is 0 Å². The highest BCUT2D eigenvalue weighted by atomic mass is 16.5. The minimum Gasteiger partial charge on any atom is -0.459 e. The van der Waals surface area contributed by atoms with Gasteiger partial charge in [-0.25, -0.2) is 4.79 Å². The van der Waals surface area contributed by atoms with Crippen LogP contribution in [0, 0.1) is 52.3 Å². The van der Waals surface area contributed by atoms with Gasteiger partial charge in [0.1, 0.15) is 6.10 Å². The van der Waals surface area contributed by atoms with E-state index < -0.39 is 0 Å². The highest BCUT2D eigenvalue weighted by Crippen LogP contribution is 2.67. The first-order chi connectivity index (χ1) is 18.0. The summed E-state index contributed by atoms with van der Waals surface area (Å²) in [6.45, 7) is 12.5. The normalized spacial score (nSPS) is 38.8. The van der Waals surface area contributed by atoms with Crippen LogP contribution in [0.4, 0.5) is 11.4 Å². The molecule has 0 amide bonds. The van der Waals surface area contributed by atoms with Crippen molar-refractivity contribution in [1.82, 2.24) is 0 Å². The number of ether oxygens (including phenoxy) is 1. The molecule has 3 fully saturated rings. The van der Waals surface area contributed by atoms with Crippen LogP contribution in [-0.4, -0.2) is 12.1 Å². The molecule has 3 saturated carbocycles. The number of fused-ring (bicyclic) bond motifs is 5. The zero-order valence-electron chi connectivity index (χ0n) is 24.5. The van der Waals surface area contributed by atoms with E-state index in [0.717, 1.165) is 54.8 Å². The van der Waals surface area contributed by atoms with Gasteiger partial charge in [-0.15, -0.1) is 0 Å². The van der Waals surface area contributed by atoms with E-state index >= 15 is 0 Å². The fraction of sp³-hybridized carbons (Fsp3) is 0.735. The lowest BCUT2D eigenvalue weighted by molar-refractivity contribution is -0.0844. The number of rotatable bonds is 7. The van der Waals surface area contributed by atoms with Crippen LogP contribution in [0.1, 0.15) is 109 Å². The predicted molar refractivity (Wildman–Crippen MR) is 157 cm³/mol. The number of nitrogen functional groups attached to an aromatic ring is 2. The van der Waals surface area contributed by atoms with Gasteiger partial charge in [-0.05, 0) is 115 Å². The van der Waals surface area contributed by atoms with E-state index in [1.165, 1.54) is 44.9 Å². The van der Waals surface area contributed by atoms with Crippen molar-refractivity contribution in [3.63, 3.8) is 0 Å². The Morgan fingerprint density at radius 1 is 0.921 bits per heavy atom. The monoisotopic (exact) mass is 520 g/mol. The Kier molecular flexibility index (Phi) is 7.66. The lowest BCUT2D eigenvalue weighted by Gasteiger charge is -2.59. The van der Waals surface area contributed by atoms with E-state index in [9.17, 15) is 4.79 Å². The van der Waals surface area contributed by atoms with Crippen LogP contribution >= 0.6 is 0 Å².